The molecule has 11 heteroatoms. The fraction of sp³-hybridized carbons (Fsp3) is 0. The first kappa shape index (κ1) is 25.0. The molecule has 0 aliphatic rings. The van der Waals surface area contributed by atoms with Gasteiger partial charge in [-0.3, -0.25) is 18.1 Å². The maximum Gasteiger partial charge on any atom is 1.00 e. The van der Waals surface area contributed by atoms with E-state index in [2.05, 4.69) is 20.9 Å². The van der Waals surface area contributed by atoms with Gasteiger partial charge in [-0.05, 0) is 65.7 Å². The van der Waals surface area contributed by atoms with Crippen LogP contribution >= 0.6 is 27.5 Å². The Hall–Kier alpha value is -2.11. The summed E-state index contributed by atoms with van der Waals surface area (Å²) < 4.78 is 26.8. The summed E-state index contributed by atoms with van der Waals surface area (Å²) in [7, 11) is 0. The molecule has 0 N–H and O–H groups in total. The molecule has 0 spiro atoms. The fourth-order valence-corrected chi connectivity index (χ4v) is 4.30. The zero-order valence-corrected chi connectivity index (χ0v) is 22.8. The molecule has 1 unspecified atom stereocenters. The van der Waals surface area contributed by atoms with E-state index < -0.39 is 11.1 Å². The molecule has 0 aliphatic heterocycles. The van der Waals surface area contributed by atoms with E-state index in [-0.39, 0.29) is 45.5 Å². The van der Waals surface area contributed by atoms with Crippen molar-refractivity contribution < 1.29 is 38.3 Å². The molecule has 0 radical (unpaired) electrons. The molecule has 164 valence electrons. The Labute approximate surface area is 232 Å². The molecule has 5 aromatic rings. The summed E-state index contributed by atoms with van der Waals surface area (Å²) in [5.74, 6) is 0.410. The summed E-state index contributed by atoms with van der Waals surface area (Å²) >= 11 is 7.09. The van der Waals surface area contributed by atoms with Gasteiger partial charge < -0.3 is 4.55 Å². The first-order chi connectivity index (χ1) is 15.9. The van der Waals surface area contributed by atoms with Crippen LogP contribution < -0.4 is 35.1 Å². The summed E-state index contributed by atoms with van der Waals surface area (Å²) in [5, 5.41) is 0.547. The number of hydrogen-bond acceptors (Lipinski definition) is 5. The Kier molecular flexibility index (Phi) is 7.54. The molecule has 0 amide bonds. The van der Waals surface area contributed by atoms with Crippen LogP contribution in [0.25, 0.3) is 33.9 Å². The van der Waals surface area contributed by atoms with Crippen LogP contribution in [0.4, 0.5) is 0 Å². The number of aromatic nitrogens is 4. The molecular formula is C23H13BrClN4NaO3S. The van der Waals surface area contributed by atoms with Crippen molar-refractivity contribution in [2.24, 2.45) is 0 Å². The van der Waals surface area contributed by atoms with Gasteiger partial charge >= 0.3 is 29.6 Å². The van der Waals surface area contributed by atoms with E-state index in [0.717, 1.165) is 4.47 Å². The molecule has 1 atom stereocenters. The van der Waals surface area contributed by atoms with Crippen LogP contribution in [0.2, 0.25) is 5.02 Å². The summed E-state index contributed by atoms with van der Waals surface area (Å²) in [4.78, 5) is 22.8. The van der Waals surface area contributed by atoms with Crippen LogP contribution in [0.5, 0.6) is 0 Å². The Balaban J connectivity index is 0.00000274. The van der Waals surface area contributed by atoms with Crippen LogP contribution in [-0.2, 0) is 11.1 Å². The molecule has 2 aromatic heterocycles. The van der Waals surface area contributed by atoms with Gasteiger partial charge in [-0.1, -0.05) is 45.7 Å². The van der Waals surface area contributed by atoms with Gasteiger partial charge in [-0.15, -0.1) is 0 Å². The maximum absolute atomic E-state index is 13.6. The number of nitrogens with zero attached hydrogens (tertiary/aromatic N) is 4. The molecule has 0 bridgehead atoms. The van der Waals surface area contributed by atoms with Crippen LogP contribution in [0.3, 0.4) is 0 Å². The average Bonchev–Trinajstić information content (AvgIpc) is 3.25. The normalized spacial score (nSPS) is 11.9. The van der Waals surface area contributed by atoms with Crippen molar-refractivity contribution in [1.82, 2.24) is 19.1 Å². The van der Waals surface area contributed by atoms with Crippen molar-refractivity contribution in [2.75, 3.05) is 0 Å². The van der Waals surface area contributed by atoms with Crippen LogP contribution in [-0.4, -0.2) is 27.9 Å². The molecule has 7 nitrogen and oxygen atoms in total. The smallest absolute Gasteiger partial charge is 0.768 e. The topological polar surface area (TPSA) is 92.8 Å². The first-order valence-corrected chi connectivity index (χ1v) is 11.9. The summed E-state index contributed by atoms with van der Waals surface area (Å²) in [6.45, 7) is 0. The largest absolute Gasteiger partial charge is 1.00 e. The molecule has 0 aliphatic carbocycles. The molecule has 0 fully saturated rings. The average molecular weight is 564 g/mol. The number of hydrogen-bond donors (Lipinski definition) is 0. The molecule has 3 aromatic carbocycles. The van der Waals surface area contributed by atoms with E-state index in [1.165, 1.54) is 23.0 Å². The minimum atomic E-state index is -2.39. The van der Waals surface area contributed by atoms with E-state index in [4.69, 9.17) is 16.6 Å². The van der Waals surface area contributed by atoms with Crippen molar-refractivity contribution in [2.45, 2.75) is 4.90 Å². The van der Waals surface area contributed by atoms with E-state index in [1.807, 2.05) is 24.3 Å². The Morgan fingerprint density at radius 3 is 2.35 bits per heavy atom. The zero-order chi connectivity index (χ0) is 23.1. The van der Waals surface area contributed by atoms with Gasteiger partial charge in [0.05, 0.1) is 5.69 Å². The van der Waals surface area contributed by atoms with Crippen molar-refractivity contribution >= 4 is 49.8 Å². The molecule has 2 heterocycles. The third kappa shape index (κ3) is 4.70. The Morgan fingerprint density at radius 2 is 1.68 bits per heavy atom. The van der Waals surface area contributed by atoms with Gasteiger partial charge in [0.15, 0.2) is 11.2 Å². The first-order valence-electron chi connectivity index (χ1n) is 9.64. The third-order valence-corrected chi connectivity index (χ3v) is 6.47. The number of fused-ring (bicyclic) bond motifs is 1. The molecular weight excluding hydrogens is 551 g/mol. The van der Waals surface area contributed by atoms with Crippen molar-refractivity contribution in [3.63, 3.8) is 0 Å². The SMILES string of the molecule is O=c1c2ncn(-c3cccc(S(=O)[O-])c3)c2nc(-c2ccc(Br)cc2)n1-c1ccc(Cl)cc1.[Na+]. The monoisotopic (exact) mass is 562 g/mol. The quantitative estimate of drug-likeness (QED) is 0.246. The summed E-state index contributed by atoms with van der Waals surface area (Å²) in [6.07, 6.45) is 1.46. The second-order valence-electron chi connectivity index (χ2n) is 7.08. The van der Waals surface area contributed by atoms with Gasteiger partial charge in [0.1, 0.15) is 12.2 Å². The Bertz CT molecular complexity index is 1590. The van der Waals surface area contributed by atoms with Crippen LogP contribution in [0, 0.1) is 0 Å². The minimum Gasteiger partial charge on any atom is -0.768 e. The van der Waals surface area contributed by atoms with Crippen molar-refractivity contribution in [1.29, 1.82) is 0 Å². The van der Waals surface area contributed by atoms with E-state index in [9.17, 15) is 13.6 Å². The molecule has 0 saturated carbocycles. The minimum absolute atomic E-state index is 0. The summed E-state index contributed by atoms with van der Waals surface area (Å²) in [5.41, 5.74) is 1.94. The van der Waals surface area contributed by atoms with Gasteiger partial charge in [0.2, 0.25) is 0 Å². The number of rotatable bonds is 4. The molecule has 5 rings (SSSR count). The van der Waals surface area contributed by atoms with Gasteiger partial charge in [0.25, 0.3) is 5.56 Å². The molecule has 34 heavy (non-hydrogen) atoms. The van der Waals surface area contributed by atoms with Crippen molar-refractivity contribution in [3.05, 3.63) is 99.0 Å². The predicted octanol–water partition coefficient (Wildman–Crippen LogP) is 1.90. The zero-order valence-electron chi connectivity index (χ0n) is 17.7. The van der Waals surface area contributed by atoms with E-state index >= 15 is 0 Å². The van der Waals surface area contributed by atoms with Gasteiger partial charge in [0, 0.05) is 25.6 Å². The predicted molar refractivity (Wildman–Crippen MR) is 130 cm³/mol. The fourth-order valence-electron chi connectivity index (χ4n) is 3.50. The maximum atomic E-state index is 13.6. The van der Waals surface area contributed by atoms with Gasteiger partial charge in [-0.25, -0.2) is 9.97 Å². The van der Waals surface area contributed by atoms with Crippen molar-refractivity contribution in [3.8, 4) is 22.8 Å². The Morgan fingerprint density at radius 1 is 0.971 bits per heavy atom. The standard InChI is InChI=1S/C23H14BrClN4O3S.Na/c24-15-6-4-14(5-7-15)21-27-22-20(23(30)29(21)17-10-8-16(25)9-11-17)26-13-28(22)18-2-1-3-19(12-18)33(31)32;/h1-13H,(H,31,32);/q;+1/p-1. The molecule has 0 saturated heterocycles. The van der Waals surface area contributed by atoms with Crippen LogP contribution in [0.1, 0.15) is 0 Å². The second kappa shape index (κ2) is 10.2. The van der Waals surface area contributed by atoms with Crippen LogP contribution in [0.15, 0.2) is 93.3 Å². The third-order valence-electron chi connectivity index (χ3n) is 5.05. The summed E-state index contributed by atoms with van der Waals surface area (Å²) in [6, 6.07) is 20.6. The number of halogens is 2. The van der Waals surface area contributed by atoms with E-state index in [0.29, 0.717) is 33.4 Å². The van der Waals surface area contributed by atoms with Gasteiger partial charge in [-0.2, -0.15) is 0 Å². The second-order valence-corrected chi connectivity index (χ2v) is 9.37. The van der Waals surface area contributed by atoms with E-state index in [1.54, 1.807) is 41.0 Å². The number of benzene rings is 3. The number of imidazole rings is 1.